The highest BCUT2D eigenvalue weighted by Gasteiger charge is 2.07. The van der Waals surface area contributed by atoms with Crippen LogP contribution in [-0.4, -0.2) is 18.3 Å². The molecule has 1 N–H and O–H groups in total. The van der Waals surface area contributed by atoms with Crippen LogP contribution in [0, 0.1) is 0 Å². The Morgan fingerprint density at radius 1 is 1.18 bits per heavy atom. The lowest BCUT2D eigenvalue weighted by Crippen LogP contribution is -2.15. The topological polar surface area (TPSA) is 50.7 Å². The minimum atomic E-state index is -0.405. The molecule has 3 rings (SSSR count). The molecule has 0 amide bonds. The van der Waals surface area contributed by atoms with Crippen LogP contribution in [0.3, 0.4) is 0 Å². The number of carbonyl (C=O) groups is 1. The first-order valence-electron chi connectivity index (χ1n) is 7.07. The predicted molar refractivity (Wildman–Crippen MR) is 92.7 cm³/mol. The largest absolute Gasteiger partial charge is 0.461 e. The van der Waals surface area contributed by atoms with Gasteiger partial charge in [-0.2, -0.15) is 5.10 Å². The van der Waals surface area contributed by atoms with Crippen molar-refractivity contribution in [2.75, 3.05) is 12.0 Å². The number of hydrazone groups is 1. The van der Waals surface area contributed by atoms with Gasteiger partial charge in [0.2, 0.25) is 0 Å². The second-order valence-corrected chi connectivity index (χ2v) is 5.92. The number of thiophene rings is 1. The molecular formula is C17H16N2O2S. The molecule has 22 heavy (non-hydrogen) atoms. The summed E-state index contributed by atoms with van der Waals surface area (Å²) in [7, 11) is 0. The zero-order valence-electron chi connectivity index (χ0n) is 12.4. The molecule has 112 valence electrons. The summed E-state index contributed by atoms with van der Waals surface area (Å²) in [6, 6.07) is 14.4. The number of carbonyl (C=O) groups excluding carboxylic acids is 1. The van der Waals surface area contributed by atoms with Gasteiger partial charge in [0, 0.05) is 20.2 Å². The number of nitrogens with one attached hydrogen (secondary N) is 1. The van der Waals surface area contributed by atoms with Crippen molar-refractivity contribution in [3.05, 3.63) is 42.5 Å². The molecule has 5 heteroatoms. The highest BCUT2D eigenvalue weighted by Crippen LogP contribution is 2.35. The number of benzene rings is 2. The van der Waals surface area contributed by atoms with Gasteiger partial charge in [-0.05, 0) is 38.1 Å². The van der Waals surface area contributed by atoms with Gasteiger partial charge in [-0.3, -0.25) is 5.43 Å². The average Bonchev–Trinajstić information content (AvgIpc) is 2.90. The van der Waals surface area contributed by atoms with E-state index in [9.17, 15) is 4.79 Å². The highest BCUT2D eigenvalue weighted by atomic mass is 32.1. The van der Waals surface area contributed by atoms with Crippen LogP contribution in [0.5, 0.6) is 0 Å². The molecule has 0 aliphatic heterocycles. The number of rotatable bonds is 4. The van der Waals surface area contributed by atoms with Crippen molar-refractivity contribution in [3.8, 4) is 0 Å². The lowest BCUT2D eigenvalue weighted by atomic mass is 10.1. The smallest absolute Gasteiger partial charge is 0.354 e. The van der Waals surface area contributed by atoms with E-state index in [1.54, 1.807) is 25.2 Å². The van der Waals surface area contributed by atoms with Gasteiger partial charge >= 0.3 is 5.97 Å². The molecule has 0 atom stereocenters. The molecule has 4 nitrogen and oxygen atoms in total. The normalized spacial score (nSPS) is 11.8. The Morgan fingerprint density at radius 2 is 1.95 bits per heavy atom. The Labute approximate surface area is 132 Å². The molecule has 0 saturated heterocycles. The first-order chi connectivity index (χ1) is 10.7. The third-order valence-electron chi connectivity index (χ3n) is 3.30. The lowest BCUT2D eigenvalue weighted by Gasteiger charge is -2.03. The van der Waals surface area contributed by atoms with Crippen LogP contribution in [0.2, 0.25) is 0 Å². The fraction of sp³-hybridized carbons (Fsp3) is 0.176. The summed E-state index contributed by atoms with van der Waals surface area (Å²) in [6.45, 7) is 3.75. The van der Waals surface area contributed by atoms with E-state index in [4.69, 9.17) is 4.74 Å². The summed E-state index contributed by atoms with van der Waals surface area (Å²) in [6.07, 6.45) is 0. The quantitative estimate of drug-likeness (QED) is 0.441. The Balaban J connectivity index is 1.90. The van der Waals surface area contributed by atoms with E-state index in [1.165, 1.54) is 20.2 Å². The molecule has 0 aliphatic carbocycles. The lowest BCUT2D eigenvalue weighted by molar-refractivity contribution is -0.135. The molecule has 0 radical (unpaired) electrons. The van der Waals surface area contributed by atoms with Crippen molar-refractivity contribution in [2.24, 2.45) is 5.10 Å². The zero-order chi connectivity index (χ0) is 15.5. The van der Waals surface area contributed by atoms with Crippen LogP contribution in [0.1, 0.15) is 13.8 Å². The van der Waals surface area contributed by atoms with Crippen LogP contribution < -0.4 is 5.43 Å². The van der Waals surface area contributed by atoms with Crippen molar-refractivity contribution in [2.45, 2.75) is 13.8 Å². The SMILES string of the molecule is CCOC(=O)/C(C)=N\Nc1ccc2sc3ccccc3c2c1. The molecule has 1 aromatic heterocycles. The summed E-state index contributed by atoms with van der Waals surface area (Å²) in [4.78, 5) is 11.5. The third kappa shape index (κ3) is 2.80. The van der Waals surface area contributed by atoms with Crippen molar-refractivity contribution >= 4 is 48.9 Å². The molecule has 0 bridgehead atoms. The van der Waals surface area contributed by atoms with Crippen LogP contribution in [-0.2, 0) is 9.53 Å². The van der Waals surface area contributed by atoms with Crippen molar-refractivity contribution in [1.82, 2.24) is 0 Å². The molecule has 0 aliphatic rings. The van der Waals surface area contributed by atoms with Gasteiger partial charge < -0.3 is 4.74 Å². The van der Waals surface area contributed by atoms with Crippen molar-refractivity contribution in [1.29, 1.82) is 0 Å². The van der Waals surface area contributed by atoms with Gasteiger partial charge in [0.15, 0.2) is 0 Å². The highest BCUT2D eigenvalue weighted by molar-refractivity contribution is 7.25. The Hall–Kier alpha value is -2.40. The number of hydrogen-bond acceptors (Lipinski definition) is 5. The van der Waals surface area contributed by atoms with E-state index in [0.717, 1.165) is 5.69 Å². The van der Waals surface area contributed by atoms with Crippen LogP contribution in [0.4, 0.5) is 5.69 Å². The minimum absolute atomic E-state index is 0.303. The molecule has 0 unspecified atom stereocenters. The fourth-order valence-electron chi connectivity index (χ4n) is 2.23. The number of hydrogen-bond donors (Lipinski definition) is 1. The first-order valence-corrected chi connectivity index (χ1v) is 7.89. The predicted octanol–water partition coefficient (Wildman–Crippen LogP) is 4.41. The van der Waals surface area contributed by atoms with Crippen LogP contribution in [0.25, 0.3) is 20.2 Å². The molecule has 3 aromatic rings. The standard InChI is InChI=1S/C17H16N2O2S/c1-3-21-17(20)11(2)18-19-12-8-9-16-14(10-12)13-6-4-5-7-15(13)22-16/h4-10,19H,3H2,1-2H3/b18-11-. The van der Waals surface area contributed by atoms with Crippen LogP contribution in [0.15, 0.2) is 47.6 Å². The first kappa shape index (κ1) is 14.5. The number of anilines is 1. The average molecular weight is 312 g/mol. The maximum atomic E-state index is 11.5. The number of ether oxygens (including phenoxy) is 1. The number of esters is 1. The number of nitrogens with zero attached hydrogens (tertiary/aromatic N) is 1. The summed E-state index contributed by atoms with van der Waals surface area (Å²) in [5.41, 5.74) is 4.07. The minimum Gasteiger partial charge on any atom is -0.461 e. The summed E-state index contributed by atoms with van der Waals surface area (Å²) in [5, 5.41) is 6.50. The van der Waals surface area contributed by atoms with Gasteiger partial charge in [0.25, 0.3) is 0 Å². The van der Waals surface area contributed by atoms with E-state index in [1.807, 2.05) is 18.2 Å². The molecule has 0 spiro atoms. The third-order valence-corrected chi connectivity index (χ3v) is 4.45. The molecule has 1 heterocycles. The Kier molecular flexibility index (Phi) is 4.06. The second-order valence-electron chi connectivity index (χ2n) is 4.84. The van der Waals surface area contributed by atoms with Gasteiger partial charge in [-0.25, -0.2) is 4.79 Å². The fourth-order valence-corrected chi connectivity index (χ4v) is 3.31. The van der Waals surface area contributed by atoms with Gasteiger partial charge in [-0.1, -0.05) is 18.2 Å². The van der Waals surface area contributed by atoms with Gasteiger partial charge in [-0.15, -0.1) is 11.3 Å². The van der Waals surface area contributed by atoms with E-state index in [0.29, 0.717) is 12.3 Å². The summed E-state index contributed by atoms with van der Waals surface area (Å²) < 4.78 is 7.40. The molecular weight excluding hydrogens is 296 g/mol. The summed E-state index contributed by atoms with van der Waals surface area (Å²) >= 11 is 1.77. The Morgan fingerprint density at radius 3 is 2.77 bits per heavy atom. The van der Waals surface area contributed by atoms with E-state index < -0.39 is 5.97 Å². The summed E-state index contributed by atoms with van der Waals surface area (Å²) in [5.74, 6) is -0.405. The van der Waals surface area contributed by atoms with Gasteiger partial charge in [0.1, 0.15) is 5.71 Å². The maximum absolute atomic E-state index is 11.5. The molecule has 2 aromatic carbocycles. The zero-order valence-corrected chi connectivity index (χ0v) is 13.2. The van der Waals surface area contributed by atoms with Crippen molar-refractivity contribution in [3.63, 3.8) is 0 Å². The van der Waals surface area contributed by atoms with E-state index >= 15 is 0 Å². The molecule has 0 fully saturated rings. The monoisotopic (exact) mass is 312 g/mol. The van der Waals surface area contributed by atoms with Gasteiger partial charge in [0.05, 0.1) is 12.3 Å². The van der Waals surface area contributed by atoms with Crippen molar-refractivity contribution < 1.29 is 9.53 Å². The van der Waals surface area contributed by atoms with E-state index in [2.05, 4.69) is 34.8 Å². The Bertz CT molecular complexity index is 867. The number of fused-ring (bicyclic) bond motifs is 3. The van der Waals surface area contributed by atoms with Crippen LogP contribution >= 0.6 is 11.3 Å². The molecule has 0 saturated carbocycles. The maximum Gasteiger partial charge on any atom is 0.354 e. The van der Waals surface area contributed by atoms with E-state index in [-0.39, 0.29) is 0 Å². The second kappa shape index (κ2) is 6.15.